The van der Waals surface area contributed by atoms with E-state index in [2.05, 4.69) is 15.3 Å². The van der Waals surface area contributed by atoms with Crippen LogP contribution in [0.25, 0.3) is 11.4 Å². The van der Waals surface area contributed by atoms with Gasteiger partial charge in [-0.15, -0.1) is 0 Å². The molecule has 1 aromatic heterocycles. The van der Waals surface area contributed by atoms with Crippen LogP contribution in [0.2, 0.25) is 0 Å². The molecular weight excluding hydrogens is 355 g/mol. The number of aromatic nitrogens is 2. The molecule has 3 unspecified atom stereocenters. The van der Waals surface area contributed by atoms with Gasteiger partial charge in [-0.05, 0) is 49.3 Å². The molecule has 1 heterocycles. The van der Waals surface area contributed by atoms with E-state index in [0.717, 1.165) is 17.8 Å². The van der Waals surface area contributed by atoms with Crippen LogP contribution in [0, 0.1) is 17.8 Å². The summed E-state index contributed by atoms with van der Waals surface area (Å²) in [6, 6.07) is 7.00. The van der Waals surface area contributed by atoms with Crippen LogP contribution in [0.5, 0.6) is 0 Å². The zero-order chi connectivity index (χ0) is 19.0. The second kappa shape index (κ2) is 7.20. The first-order chi connectivity index (χ1) is 13.0. The molecule has 2 N–H and O–H groups in total. The van der Waals surface area contributed by atoms with E-state index >= 15 is 0 Å². The van der Waals surface area contributed by atoms with Crippen molar-refractivity contribution in [1.82, 2.24) is 15.3 Å². The van der Waals surface area contributed by atoms with Gasteiger partial charge in [-0.25, -0.2) is 9.97 Å². The molecule has 0 amide bonds. The highest BCUT2D eigenvalue weighted by Crippen LogP contribution is 2.48. The van der Waals surface area contributed by atoms with E-state index in [9.17, 15) is 18.3 Å². The van der Waals surface area contributed by atoms with Crippen LogP contribution in [0.3, 0.4) is 0 Å². The lowest BCUT2D eigenvalue weighted by molar-refractivity contribution is -0.137. The monoisotopic (exact) mass is 377 g/mol. The molecule has 2 aliphatic rings. The zero-order valence-electron chi connectivity index (χ0n) is 14.8. The fraction of sp³-hybridized carbons (Fsp3) is 0.500. The minimum atomic E-state index is -4.35. The normalized spacial score (nSPS) is 27.3. The maximum atomic E-state index is 12.7. The summed E-state index contributed by atoms with van der Waals surface area (Å²) in [6.45, 7) is 0.764. The standard InChI is InChI=1S/C20H22F3N3O/c21-20(22,23)15-5-3-12(4-6-15)19-24-8-7-16(26-19)10-25-18-14-2-1-13(9-14)17(18)11-27/h3-8,13-14,17-18,25,27H,1-2,9-11H2/t13?,14?,17?,18-/m1/s1. The highest BCUT2D eigenvalue weighted by Gasteiger charge is 2.46. The Morgan fingerprint density at radius 3 is 2.52 bits per heavy atom. The molecule has 2 aliphatic carbocycles. The Kier molecular flexibility index (Phi) is 4.90. The van der Waals surface area contributed by atoms with Crippen molar-refractivity contribution in [2.24, 2.45) is 17.8 Å². The Bertz CT molecular complexity index is 794. The van der Waals surface area contributed by atoms with E-state index in [1.165, 1.54) is 31.4 Å². The third-order valence-electron chi connectivity index (χ3n) is 6.00. The van der Waals surface area contributed by atoms with Gasteiger partial charge in [-0.2, -0.15) is 13.2 Å². The van der Waals surface area contributed by atoms with Crippen molar-refractivity contribution in [1.29, 1.82) is 0 Å². The zero-order valence-corrected chi connectivity index (χ0v) is 14.8. The van der Waals surface area contributed by atoms with Crippen LogP contribution in [0.1, 0.15) is 30.5 Å². The third kappa shape index (κ3) is 3.71. The molecule has 4 nitrogen and oxygen atoms in total. The summed E-state index contributed by atoms with van der Waals surface area (Å²) >= 11 is 0. The van der Waals surface area contributed by atoms with Gasteiger partial charge < -0.3 is 10.4 Å². The fourth-order valence-electron chi connectivity index (χ4n) is 4.66. The van der Waals surface area contributed by atoms with Crippen molar-refractivity contribution >= 4 is 0 Å². The molecule has 2 aromatic rings. The minimum Gasteiger partial charge on any atom is -0.396 e. The number of halogens is 3. The van der Waals surface area contributed by atoms with Crippen molar-refractivity contribution < 1.29 is 18.3 Å². The molecule has 2 bridgehead atoms. The highest BCUT2D eigenvalue weighted by molar-refractivity contribution is 5.55. The minimum absolute atomic E-state index is 0.208. The number of rotatable bonds is 5. The van der Waals surface area contributed by atoms with E-state index in [-0.39, 0.29) is 6.61 Å². The first-order valence-electron chi connectivity index (χ1n) is 9.29. The molecule has 27 heavy (non-hydrogen) atoms. The van der Waals surface area contributed by atoms with Crippen LogP contribution in [-0.2, 0) is 12.7 Å². The van der Waals surface area contributed by atoms with Gasteiger partial charge in [0.05, 0.1) is 11.3 Å². The maximum Gasteiger partial charge on any atom is 0.416 e. The van der Waals surface area contributed by atoms with Crippen LogP contribution in [-0.4, -0.2) is 27.7 Å². The van der Waals surface area contributed by atoms with Gasteiger partial charge in [-0.3, -0.25) is 0 Å². The Morgan fingerprint density at radius 1 is 1.07 bits per heavy atom. The van der Waals surface area contributed by atoms with Crippen molar-refractivity contribution in [3.05, 3.63) is 47.8 Å². The van der Waals surface area contributed by atoms with Gasteiger partial charge in [0.15, 0.2) is 5.82 Å². The van der Waals surface area contributed by atoms with Crippen LogP contribution < -0.4 is 5.32 Å². The van der Waals surface area contributed by atoms with Crippen LogP contribution in [0.15, 0.2) is 36.5 Å². The summed E-state index contributed by atoms with van der Waals surface area (Å²) in [7, 11) is 0. The Labute approximate surface area is 155 Å². The van der Waals surface area contributed by atoms with E-state index < -0.39 is 11.7 Å². The van der Waals surface area contributed by atoms with Crippen molar-refractivity contribution in [2.75, 3.05) is 6.61 Å². The van der Waals surface area contributed by atoms with Gasteiger partial charge in [0.2, 0.25) is 0 Å². The van der Waals surface area contributed by atoms with Gasteiger partial charge in [-0.1, -0.05) is 12.1 Å². The molecule has 144 valence electrons. The number of benzene rings is 1. The Morgan fingerprint density at radius 2 is 1.81 bits per heavy atom. The maximum absolute atomic E-state index is 12.7. The molecule has 0 spiro atoms. The van der Waals surface area contributed by atoms with Gasteiger partial charge in [0.1, 0.15) is 0 Å². The van der Waals surface area contributed by atoms with Gasteiger partial charge in [0, 0.05) is 36.9 Å². The topological polar surface area (TPSA) is 58.0 Å². The fourth-order valence-corrected chi connectivity index (χ4v) is 4.66. The molecule has 7 heteroatoms. The number of aliphatic hydroxyl groups excluding tert-OH is 1. The molecule has 1 aromatic carbocycles. The predicted molar refractivity (Wildman–Crippen MR) is 94.5 cm³/mol. The van der Waals surface area contributed by atoms with Gasteiger partial charge >= 0.3 is 6.18 Å². The van der Waals surface area contributed by atoms with Crippen LogP contribution in [0.4, 0.5) is 13.2 Å². The predicted octanol–water partition coefficient (Wildman–Crippen LogP) is 3.66. The quantitative estimate of drug-likeness (QED) is 0.835. The number of nitrogens with zero attached hydrogens (tertiary/aromatic N) is 2. The second-order valence-corrected chi connectivity index (χ2v) is 7.53. The summed E-state index contributed by atoms with van der Waals surface area (Å²) < 4.78 is 38.1. The summed E-state index contributed by atoms with van der Waals surface area (Å²) in [5, 5.41) is 13.2. The van der Waals surface area contributed by atoms with E-state index in [1.54, 1.807) is 6.20 Å². The third-order valence-corrected chi connectivity index (χ3v) is 6.00. The first kappa shape index (κ1) is 18.4. The molecule has 2 fully saturated rings. The summed E-state index contributed by atoms with van der Waals surface area (Å²) in [5.74, 6) is 1.95. The average molecular weight is 377 g/mol. The lowest BCUT2D eigenvalue weighted by Crippen LogP contribution is -2.42. The summed E-state index contributed by atoms with van der Waals surface area (Å²) in [5.41, 5.74) is 0.660. The van der Waals surface area contributed by atoms with E-state index in [1.807, 2.05) is 6.07 Å². The van der Waals surface area contributed by atoms with Crippen molar-refractivity contribution in [3.8, 4) is 11.4 Å². The van der Waals surface area contributed by atoms with Crippen molar-refractivity contribution in [2.45, 2.75) is 38.0 Å². The molecular formula is C20H22F3N3O. The molecule has 4 rings (SSSR count). The number of hydrogen-bond donors (Lipinski definition) is 2. The smallest absolute Gasteiger partial charge is 0.396 e. The van der Waals surface area contributed by atoms with E-state index in [0.29, 0.717) is 41.7 Å². The highest BCUT2D eigenvalue weighted by atomic mass is 19.4. The number of alkyl halides is 3. The van der Waals surface area contributed by atoms with Crippen LogP contribution >= 0.6 is 0 Å². The SMILES string of the molecule is OCC1C2CCC(C2)[C@H]1NCc1ccnc(-c2ccc(C(F)(F)F)cc2)n1. The van der Waals surface area contributed by atoms with Crippen molar-refractivity contribution in [3.63, 3.8) is 0 Å². The van der Waals surface area contributed by atoms with Gasteiger partial charge in [0.25, 0.3) is 0 Å². The Hall–Kier alpha value is -1.99. The first-order valence-corrected chi connectivity index (χ1v) is 9.29. The lowest BCUT2D eigenvalue weighted by atomic mass is 9.85. The number of nitrogens with one attached hydrogen (secondary N) is 1. The second-order valence-electron chi connectivity index (χ2n) is 7.53. The number of fused-ring (bicyclic) bond motifs is 2. The number of aliphatic hydroxyl groups is 1. The molecule has 4 atom stereocenters. The Balaban J connectivity index is 1.45. The molecule has 0 saturated heterocycles. The lowest BCUT2D eigenvalue weighted by Gasteiger charge is -2.30. The average Bonchev–Trinajstić information content (AvgIpc) is 3.27. The largest absolute Gasteiger partial charge is 0.416 e. The molecule has 0 radical (unpaired) electrons. The molecule has 2 saturated carbocycles. The number of hydrogen-bond acceptors (Lipinski definition) is 4. The summed E-state index contributed by atoms with van der Waals surface area (Å²) in [4.78, 5) is 8.68. The molecule has 0 aliphatic heterocycles. The van der Waals surface area contributed by atoms with E-state index in [4.69, 9.17) is 0 Å². The summed E-state index contributed by atoms with van der Waals surface area (Å²) in [6.07, 6.45) is 0.874.